The number of hydrogen-bond donors (Lipinski definition) is 3. The number of benzene rings is 1. The summed E-state index contributed by atoms with van der Waals surface area (Å²) >= 11 is 6.33. The number of nitrogens with zero attached hydrogens (tertiary/aromatic N) is 1. The van der Waals surface area contributed by atoms with Crippen LogP contribution in [0.5, 0.6) is 5.75 Å². The molecule has 0 spiro atoms. The number of nitrogens with one attached hydrogen (secondary N) is 2. The molecule has 6 atom stereocenters. The van der Waals surface area contributed by atoms with E-state index >= 15 is 0 Å². The van der Waals surface area contributed by atoms with Crippen molar-refractivity contribution < 1.29 is 37.4 Å². The van der Waals surface area contributed by atoms with Crippen molar-refractivity contribution in [3.63, 3.8) is 0 Å². The molecule has 1 aliphatic rings. The Labute approximate surface area is 216 Å². The van der Waals surface area contributed by atoms with E-state index in [0.29, 0.717) is 0 Å². The van der Waals surface area contributed by atoms with Crippen molar-refractivity contribution in [3.05, 3.63) is 63.4 Å². The van der Waals surface area contributed by atoms with Gasteiger partial charge in [0.25, 0.3) is 5.56 Å². The fourth-order valence-corrected chi connectivity index (χ4v) is 5.30. The molecule has 2 aromatic rings. The fourth-order valence-electron chi connectivity index (χ4n) is 3.50. The van der Waals surface area contributed by atoms with E-state index in [1.165, 1.54) is 19.1 Å². The lowest BCUT2D eigenvalue weighted by molar-refractivity contribution is -0.149. The average molecular weight is 564 g/mol. The maximum atomic E-state index is 14.0. The molecule has 2 heterocycles. The molecule has 15 heteroatoms. The van der Waals surface area contributed by atoms with E-state index < -0.39 is 73.7 Å². The molecule has 3 N–H and O–H groups in total. The normalized spacial score (nSPS) is 26.0. The van der Waals surface area contributed by atoms with Crippen molar-refractivity contribution in [2.45, 2.75) is 56.2 Å². The third kappa shape index (κ3) is 6.86. The van der Waals surface area contributed by atoms with Crippen LogP contribution in [0.4, 0.5) is 4.39 Å². The van der Waals surface area contributed by atoms with E-state index in [9.17, 15) is 28.4 Å². The summed E-state index contributed by atoms with van der Waals surface area (Å²) < 4.78 is 50.2. The second-order valence-corrected chi connectivity index (χ2v) is 11.0. The Balaban J connectivity index is 1.83. The number of carbonyl (C=O) groups excluding carboxylic acids is 1. The summed E-state index contributed by atoms with van der Waals surface area (Å²) in [5, 5.41) is 13.2. The van der Waals surface area contributed by atoms with Crippen LogP contribution in [-0.4, -0.2) is 63.1 Å². The fraction of sp³-hybridized carbons (Fsp3) is 0.500. The number of esters is 1. The zero-order chi connectivity index (χ0) is 27.4. The van der Waals surface area contributed by atoms with Crippen LogP contribution >= 0.6 is 19.3 Å². The van der Waals surface area contributed by atoms with Gasteiger partial charge >= 0.3 is 19.4 Å². The first-order valence-electron chi connectivity index (χ1n) is 11.3. The molecule has 1 aromatic carbocycles. The molecular weight excluding hydrogens is 536 g/mol. The molecule has 1 saturated heterocycles. The maximum Gasteiger partial charge on any atom is 0.459 e. The molecular formula is C22H28ClFN3O9P. The monoisotopic (exact) mass is 563 g/mol. The van der Waals surface area contributed by atoms with E-state index in [2.05, 4.69) is 5.09 Å². The molecule has 204 valence electrons. The number of aliphatic hydroxyl groups is 1. The van der Waals surface area contributed by atoms with Crippen molar-refractivity contribution in [2.75, 3.05) is 13.3 Å². The highest BCUT2D eigenvalue weighted by atomic mass is 35.5. The first-order chi connectivity index (χ1) is 17.4. The number of para-hydroxylation sites is 1. The number of aliphatic hydroxyl groups excluding tert-OH is 1. The van der Waals surface area contributed by atoms with Gasteiger partial charge in [-0.1, -0.05) is 18.2 Å². The molecule has 0 saturated carbocycles. The lowest BCUT2D eigenvalue weighted by atomic mass is 10.00. The molecule has 1 aromatic heterocycles. The lowest BCUT2D eigenvalue weighted by Crippen LogP contribution is -2.46. The minimum absolute atomic E-state index is 0.142. The zero-order valence-corrected chi connectivity index (χ0v) is 21.9. The first-order valence-corrected chi connectivity index (χ1v) is 13.2. The second kappa shape index (κ2) is 11.9. The molecule has 1 aliphatic heterocycles. The van der Waals surface area contributed by atoms with Crippen LogP contribution in [0.2, 0.25) is 0 Å². The van der Waals surface area contributed by atoms with Gasteiger partial charge < -0.3 is 19.1 Å². The predicted octanol–water partition coefficient (Wildman–Crippen LogP) is 1.88. The van der Waals surface area contributed by atoms with E-state index in [1.54, 1.807) is 32.0 Å². The Morgan fingerprint density at radius 1 is 1.30 bits per heavy atom. The molecule has 3 rings (SSSR count). The van der Waals surface area contributed by atoms with Crippen LogP contribution in [0.15, 0.2) is 52.2 Å². The maximum absolute atomic E-state index is 14.0. The summed E-state index contributed by atoms with van der Waals surface area (Å²) in [4.78, 5) is 35.8. The van der Waals surface area contributed by atoms with Gasteiger partial charge in [-0.15, -0.1) is 11.6 Å². The molecule has 1 fully saturated rings. The smallest absolute Gasteiger partial charge is 0.459 e. The first kappa shape index (κ1) is 29.0. The average Bonchev–Trinajstić information content (AvgIpc) is 3.08. The molecule has 37 heavy (non-hydrogen) atoms. The van der Waals surface area contributed by atoms with Gasteiger partial charge in [0, 0.05) is 12.3 Å². The van der Waals surface area contributed by atoms with Crippen LogP contribution in [0.25, 0.3) is 0 Å². The number of ether oxygens (including phenoxy) is 2. The molecule has 0 aliphatic carbocycles. The number of halogens is 2. The van der Waals surface area contributed by atoms with Crippen molar-refractivity contribution >= 4 is 25.3 Å². The Hall–Kier alpha value is -2.54. The minimum Gasteiger partial charge on any atom is -0.462 e. The van der Waals surface area contributed by atoms with Crippen LogP contribution in [0.1, 0.15) is 27.0 Å². The summed E-state index contributed by atoms with van der Waals surface area (Å²) in [7, 11) is -4.33. The van der Waals surface area contributed by atoms with Gasteiger partial charge in [-0.3, -0.25) is 23.7 Å². The molecule has 0 radical (unpaired) electrons. The Morgan fingerprint density at radius 3 is 2.57 bits per heavy atom. The largest absolute Gasteiger partial charge is 0.462 e. The Kier molecular flexibility index (Phi) is 9.32. The highest BCUT2D eigenvalue weighted by Crippen LogP contribution is 2.48. The van der Waals surface area contributed by atoms with Gasteiger partial charge in [-0.2, -0.15) is 5.09 Å². The van der Waals surface area contributed by atoms with Gasteiger partial charge in [0.15, 0.2) is 6.23 Å². The topological polar surface area (TPSA) is 158 Å². The van der Waals surface area contributed by atoms with Gasteiger partial charge in [-0.05, 0) is 32.9 Å². The number of aromatic amines is 1. The van der Waals surface area contributed by atoms with Crippen molar-refractivity contribution in [2.24, 2.45) is 0 Å². The van der Waals surface area contributed by atoms with Crippen LogP contribution < -0.4 is 20.9 Å². The minimum atomic E-state index is -4.33. The Morgan fingerprint density at radius 2 is 1.97 bits per heavy atom. The molecule has 12 nitrogen and oxygen atoms in total. The third-order valence-electron chi connectivity index (χ3n) is 5.30. The van der Waals surface area contributed by atoms with E-state index in [1.807, 2.05) is 4.98 Å². The van der Waals surface area contributed by atoms with Gasteiger partial charge in [-0.25, -0.2) is 13.8 Å². The number of hydrogen-bond acceptors (Lipinski definition) is 9. The third-order valence-corrected chi connectivity index (χ3v) is 7.46. The second-order valence-electron chi connectivity index (χ2n) is 8.58. The van der Waals surface area contributed by atoms with Crippen LogP contribution in [0.3, 0.4) is 0 Å². The highest BCUT2D eigenvalue weighted by Gasteiger charge is 2.57. The number of carbonyl (C=O) groups is 1. The van der Waals surface area contributed by atoms with E-state index in [0.717, 1.165) is 16.8 Å². The number of alkyl halides is 2. The SMILES string of the molecule is CC(C)OC(=O)[C@H](C)NP(=O)(OCC1O[C@H](n2ccc(=O)[nH]c2=O)C(Cl)(CF)[C@@H]1O)Oc1ccccc1. The van der Waals surface area contributed by atoms with Gasteiger partial charge in [0.1, 0.15) is 35.5 Å². The zero-order valence-electron chi connectivity index (χ0n) is 20.2. The predicted molar refractivity (Wildman–Crippen MR) is 130 cm³/mol. The molecule has 3 unspecified atom stereocenters. The van der Waals surface area contributed by atoms with E-state index in [-0.39, 0.29) is 5.75 Å². The summed E-state index contributed by atoms with van der Waals surface area (Å²) in [5.74, 6) is -0.578. The van der Waals surface area contributed by atoms with Crippen molar-refractivity contribution in [3.8, 4) is 5.75 Å². The van der Waals surface area contributed by atoms with Gasteiger partial charge in [0.05, 0.1) is 12.7 Å². The van der Waals surface area contributed by atoms with E-state index in [4.69, 9.17) is 30.1 Å². The lowest BCUT2D eigenvalue weighted by Gasteiger charge is -2.27. The standard InChI is InChI=1S/C22H28ClFN3O9P/c1-13(2)34-19(30)14(3)26-37(32,36-15-7-5-4-6-8-15)33-11-16-18(29)22(23,12-24)20(35-16)27-10-9-17(28)25-21(27)31/h4-10,13-14,16,18,20,29H,11-12H2,1-3H3,(H,26,32)(H,25,28,31)/t14-,16?,18+,20-,22?,37?/m0/s1. The van der Waals surface area contributed by atoms with Crippen molar-refractivity contribution in [1.29, 1.82) is 0 Å². The summed E-state index contributed by atoms with van der Waals surface area (Å²) in [6.07, 6.45) is -4.06. The molecule has 0 bridgehead atoms. The van der Waals surface area contributed by atoms with Crippen LogP contribution in [0, 0.1) is 0 Å². The summed E-state index contributed by atoms with van der Waals surface area (Å²) in [6.45, 7) is 2.71. The quantitative estimate of drug-likeness (QED) is 0.209. The highest BCUT2D eigenvalue weighted by molar-refractivity contribution is 7.52. The summed E-state index contributed by atoms with van der Waals surface area (Å²) in [5.41, 5.74) is -1.64. The number of rotatable bonds is 11. The van der Waals surface area contributed by atoms with Crippen LogP contribution in [-0.2, 0) is 23.4 Å². The Bertz CT molecular complexity index is 1240. The summed E-state index contributed by atoms with van der Waals surface area (Å²) in [6, 6.07) is 7.82. The number of aromatic nitrogens is 2. The number of H-pyrrole nitrogens is 1. The van der Waals surface area contributed by atoms with Crippen molar-refractivity contribution in [1.82, 2.24) is 14.6 Å². The van der Waals surface area contributed by atoms with Gasteiger partial charge in [0.2, 0.25) is 0 Å². The molecule has 0 amide bonds.